The number of hydrogen-bond acceptors (Lipinski definition) is 2. The van der Waals surface area contributed by atoms with Crippen LogP contribution in [0.3, 0.4) is 0 Å². The van der Waals surface area contributed by atoms with Gasteiger partial charge in [0.05, 0.1) is 0 Å². The molecule has 2 unspecified atom stereocenters. The van der Waals surface area contributed by atoms with Crippen LogP contribution in [0.5, 0.6) is 0 Å². The lowest BCUT2D eigenvalue weighted by molar-refractivity contribution is 0.0347. The first-order chi connectivity index (χ1) is 7.55. The second kappa shape index (κ2) is 4.66. The Bertz CT molecular complexity index is 235. The van der Waals surface area contributed by atoms with Crippen molar-refractivity contribution >= 4 is 0 Å². The Balaban J connectivity index is 1.99. The van der Waals surface area contributed by atoms with E-state index in [0.717, 1.165) is 11.8 Å². The van der Waals surface area contributed by atoms with Gasteiger partial charge in [-0.05, 0) is 38.0 Å². The van der Waals surface area contributed by atoms with E-state index >= 15 is 0 Å². The van der Waals surface area contributed by atoms with E-state index in [0.29, 0.717) is 11.6 Å². The zero-order valence-electron chi connectivity index (χ0n) is 11.4. The molecule has 0 spiro atoms. The van der Waals surface area contributed by atoms with Gasteiger partial charge in [-0.1, -0.05) is 20.8 Å². The molecular weight excluding hydrogens is 196 g/mol. The van der Waals surface area contributed by atoms with Crippen molar-refractivity contribution in [1.82, 2.24) is 10.2 Å². The first-order valence-electron chi connectivity index (χ1n) is 7.03. The Labute approximate surface area is 101 Å². The summed E-state index contributed by atoms with van der Waals surface area (Å²) in [6, 6.07) is 0.693. The van der Waals surface area contributed by atoms with Crippen LogP contribution in [-0.4, -0.2) is 36.1 Å². The van der Waals surface area contributed by atoms with Crippen LogP contribution in [0, 0.1) is 11.8 Å². The van der Waals surface area contributed by atoms with Gasteiger partial charge in [0.2, 0.25) is 0 Å². The lowest BCUT2D eigenvalue weighted by Crippen LogP contribution is -2.64. The highest BCUT2D eigenvalue weighted by atomic mass is 15.3. The lowest BCUT2D eigenvalue weighted by atomic mass is 9.89. The molecule has 2 aliphatic rings. The fraction of sp³-hybridized carbons (Fsp3) is 1.00. The maximum atomic E-state index is 3.74. The van der Waals surface area contributed by atoms with Gasteiger partial charge in [0.25, 0.3) is 0 Å². The van der Waals surface area contributed by atoms with Crippen LogP contribution in [0.2, 0.25) is 0 Å². The fourth-order valence-electron chi connectivity index (χ4n) is 2.69. The average molecular weight is 224 g/mol. The van der Waals surface area contributed by atoms with E-state index < -0.39 is 0 Å². The summed E-state index contributed by atoms with van der Waals surface area (Å²) in [6.45, 7) is 13.2. The fourth-order valence-corrected chi connectivity index (χ4v) is 2.69. The minimum absolute atomic E-state index is 0.397. The largest absolute Gasteiger partial charge is 0.311 e. The molecule has 2 nitrogen and oxygen atoms in total. The van der Waals surface area contributed by atoms with Crippen molar-refractivity contribution in [2.75, 3.05) is 19.6 Å². The normalized spacial score (nSPS) is 36.9. The van der Waals surface area contributed by atoms with Crippen LogP contribution in [0.15, 0.2) is 0 Å². The molecule has 2 rings (SSSR count). The number of nitrogens with zero attached hydrogens (tertiary/aromatic N) is 1. The highest BCUT2D eigenvalue weighted by Gasteiger charge is 2.39. The minimum atomic E-state index is 0.397. The number of nitrogens with one attached hydrogen (secondary N) is 1. The summed E-state index contributed by atoms with van der Waals surface area (Å²) < 4.78 is 0. The molecule has 2 heteroatoms. The van der Waals surface area contributed by atoms with Crippen molar-refractivity contribution in [2.24, 2.45) is 11.8 Å². The van der Waals surface area contributed by atoms with E-state index in [-0.39, 0.29) is 0 Å². The van der Waals surface area contributed by atoms with Crippen molar-refractivity contribution in [3.63, 3.8) is 0 Å². The summed E-state index contributed by atoms with van der Waals surface area (Å²) >= 11 is 0. The van der Waals surface area contributed by atoms with Gasteiger partial charge in [0.1, 0.15) is 0 Å². The summed E-state index contributed by atoms with van der Waals surface area (Å²) in [5, 5.41) is 3.74. The molecular formula is C14H28N2. The first kappa shape index (κ1) is 12.4. The highest BCUT2D eigenvalue weighted by molar-refractivity contribution is 4.97. The molecule has 94 valence electrons. The standard InChI is InChI=1S/C14H28N2/c1-5-14(4)10-15-13(11(2)3)9-16(14)8-12-6-7-12/h11-13,15H,5-10H2,1-4H3. The van der Waals surface area contributed by atoms with E-state index in [2.05, 4.69) is 37.9 Å². The predicted molar refractivity (Wildman–Crippen MR) is 69.6 cm³/mol. The Kier molecular flexibility index (Phi) is 3.60. The van der Waals surface area contributed by atoms with Crippen molar-refractivity contribution in [2.45, 2.75) is 58.5 Å². The number of piperazine rings is 1. The second-order valence-electron chi connectivity index (χ2n) is 6.43. The van der Waals surface area contributed by atoms with Crippen molar-refractivity contribution in [3.8, 4) is 0 Å². The Morgan fingerprint density at radius 1 is 1.38 bits per heavy atom. The van der Waals surface area contributed by atoms with Gasteiger partial charge in [-0.2, -0.15) is 0 Å². The first-order valence-corrected chi connectivity index (χ1v) is 7.03. The zero-order chi connectivity index (χ0) is 11.8. The van der Waals surface area contributed by atoms with Gasteiger partial charge in [-0.3, -0.25) is 4.90 Å². The van der Waals surface area contributed by atoms with Crippen LogP contribution < -0.4 is 5.32 Å². The molecule has 1 heterocycles. The van der Waals surface area contributed by atoms with Crippen LogP contribution >= 0.6 is 0 Å². The van der Waals surface area contributed by atoms with Crippen LogP contribution in [0.1, 0.15) is 47.0 Å². The Morgan fingerprint density at radius 2 is 2.06 bits per heavy atom. The molecule has 0 radical (unpaired) electrons. The molecule has 0 amide bonds. The number of hydrogen-bond donors (Lipinski definition) is 1. The lowest BCUT2D eigenvalue weighted by Gasteiger charge is -2.49. The van der Waals surface area contributed by atoms with Crippen LogP contribution in [0.4, 0.5) is 0 Å². The van der Waals surface area contributed by atoms with Crippen molar-refractivity contribution in [1.29, 1.82) is 0 Å². The topological polar surface area (TPSA) is 15.3 Å². The van der Waals surface area contributed by atoms with E-state index in [4.69, 9.17) is 0 Å². The van der Waals surface area contributed by atoms with Gasteiger partial charge in [-0.15, -0.1) is 0 Å². The summed E-state index contributed by atoms with van der Waals surface area (Å²) in [5.41, 5.74) is 0.397. The molecule has 2 atom stereocenters. The molecule has 1 saturated heterocycles. The van der Waals surface area contributed by atoms with Crippen LogP contribution in [0.25, 0.3) is 0 Å². The second-order valence-corrected chi connectivity index (χ2v) is 6.43. The van der Waals surface area contributed by atoms with Gasteiger partial charge in [0.15, 0.2) is 0 Å². The number of rotatable bonds is 4. The van der Waals surface area contributed by atoms with Crippen molar-refractivity contribution in [3.05, 3.63) is 0 Å². The molecule has 1 N–H and O–H groups in total. The molecule has 1 saturated carbocycles. The third-order valence-electron chi connectivity index (χ3n) is 4.67. The zero-order valence-corrected chi connectivity index (χ0v) is 11.4. The molecule has 1 aliphatic carbocycles. The summed E-state index contributed by atoms with van der Waals surface area (Å²) in [4.78, 5) is 2.77. The van der Waals surface area contributed by atoms with E-state index in [1.165, 1.54) is 38.9 Å². The van der Waals surface area contributed by atoms with Gasteiger partial charge in [-0.25, -0.2) is 0 Å². The molecule has 2 fully saturated rings. The Hall–Kier alpha value is -0.0800. The third-order valence-corrected chi connectivity index (χ3v) is 4.67. The van der Waals surface area contributed by atoms with Gasteiger partial charge in [0, 0.05) is 31.2 Å². The van der Waals surface area contributed by atoms with E-state index in [9.17, 15) is 0 Å². The highest BCUT2D eigenvalue weighted by Crippen LogP contribution is 2.34. The quantitative estimate of drug-likeness (QED) is 0.789. The summed E-state index contributed by atoms with van der Waals surface area (Å²) in [7, 11) is 0. The molecule has 0 aromatic carbocycles. The van der Waals surface area contributed by atoms with E-state index in [1.807, 2.05) is 0 Å². The molecule has 1 aliphatic heterocycles. The predicted octanol–water partition coefficient (Wildman–Crippen LogP) is 2.49. The SMILES string of the molecule is CCC1(C)CNC(C(C)C)CN1CC1CC1. The van der Waals surface area contributed by atoms with Gasteiger partial charge < -0.3 is 5.32 Å². The van der Waals surface area contributed by atoms with Gasteiger partial charge >= 0.3 is 0 Å². The molecule has 0 aromatic rings. The maximum Gasteiger partial charge on any atom is 0.0304 e. The maximum absolute atomic E-state index is 3.74. The van der Waals surface area contributed by atoms with E-state index in [1.54, 1.807) is 0 Å². The Morgan fingerprint density at radius 3 is 2.56 bits per heavy atom. The molecule has 0 aromatic heterocycles. The minimum Gasteiger partial charge on any atom is -0.311 e. The molecule has 0 bridgehead atoms. The smallest absolute Gasteiger partial charge is 0.0304 e. The van der Waals surface area contributed by atoms with Crippen molar-refractivity contribution < 1.29 is 0 Å². The summed E-state index contributed by atoms with van der Waals surface area (Å²) in [6.07, 6.45) is 4.20. The summed E-state index contributed by atoms with van der Waals surface area (Å²) in [5.74, 6) is 1.76. The average Bonchev–Trinajstić information content (AvgIpc) is 3.05. The third kappa shape index (κ3) is 2.60. The molecule has 16 heavy (non-hydrogen) atoms. The monoisotopic (exact) mass is 224 g/mol. The van der Waals surface area contributed by atoms with Crippen LogP contribution in [-0.2, 0) is 0 Å².